The summed E-state index contributed by atoms with van der Waals surface area (Å²) in [6.07, 6.45) is 0.817. The molecule has 0 saturated carbocycles. The maximum atomic E-state index is 13.3. The molecule has 0 aliphatic carbocycles. The van der Waals surface area contributed by atoms with Gasteiger partial charge in [0.05, 0.1) is 7.11 Å². The number of nitrogens with one attached hydrogen (secondary N) is 1. The number of aromatic hydroxyl groups is 1. The number of ether oxygens (including phenoxy) is 2. The van der Waals surface area contributed by atoms with E-state index in [1.165, 1.54) is 31.5 Å². The number of carbonyl (C=O) groups is 2. The van der Waals surface area contributed by atoms with Crippen molar-refractivity contribution in [2.45, 2.75) is 32.8 Å². The van der Waals surface area contributed by atoms with E-state index < -0.39 is 30.3 Å². The van der Waals surface area contributed by atoms with Gasteiger partial charge in [0, 0.05) is 18.2 Å². The first-order valence-corrected chi connectivity index (χ1v) is 8.70. The number of nitrogens with zero attached hydrogens (tertiary/aromatic N) is 1. The molecular formula is C20H23FN2O5. The Balaban J connectivity index is 1.94. The first-order chi connectivity index (χ1) is 13.2. The number of benzene rings is 1. The number of halogens is 1. The second-order valence-corrected chi connectivity index (χ2v) is 6.38. The van der Waals surface area contributed by atoms with Crippen LogP contribution in [0.5, 0.6) is 11.5 Å². The van der Waals surface area contributed by atoms with Crippen molar-refractivity contribution in [3.63, 3.8) is 0 Å². The summed E-state index contributed by atoms with van der Waals surface area (Å²) < 4.78 is 23.5. The van der Waals surface area contributed by atoms with Gasteiger partial charge < -0.3 is 19.9 Å². The Morgan fingerprint density at radius 3 is 2.64 bits per heavy atom. The zero-order chi connectivity index (χ0) is 20.8. The van der Waals surface area contributed by atoms with E-state index in [1.807, 2.05) is 6.92 Å². The number of esters is 1. The molecule has 0 fully saturated rings. The molecule has 28 heavy (non-hydrogen) atoms. The van der Waals surface area contributed by atoms with Crippen LogP contribution in [0.1, 0.15) is 41.4 Å². The predicted molar refractivity (Wildman–Crippen MR) is 99.9 cm³/mol. The highest BCUT2D eigenvalue weighted by molar-refractivity contribution is 5.97. The van der Waals surface area contributed by atoms with Crippen LogP contribution in [-0.2, 0) is 9.53 Å². The van der Waals surface area contributed by atoms with E-state index in [1.54, 1.807) is 19.9 Å². The lowest BCUT2D eigenvalue weighted by atomic mass is 9.92. The van der Waals surface area contributed by atoms with E-state index in [0.29, 0.717) is 0 Å². The van der Waals surface area contributed by atoms with Gasteiger partial charge in [-0.25, -0.2) is 9.37 Å². The lowest BCUT2D eigenvalue weighted by Gasteiger charge is -2.22. The van der Waals surface area contributed by atoms with Crippen molar-refractivity contribution in [2.75, 3.05) is 13.7 Å². The maximum Gasteiger partial charge on any atom is 0.325 e. The molecule has 2 atom stereocenters. The molecule has 2 N–H and O–H groups in total. The summed E-state index contributed by atoms with van der Waals surface area (Å²) in [5, 5.41) is 12.3. The molecular weight excluding hydrogens is 367 g/mol. The lowest BCUT2D eigenvalue weighted by molar-refractivity contribution is -0.147. The summed E-state index contributed by atoms with van der Waals surface area (Å²) in [6.45, 7) is 4.99. The number of amides is 1. The smallest absolute Gasteiger partial charge is 0.325 e. The molecule has 0 aliphatic heterocycles. The number of rotatable bonds is 7. The van der Waals surface area contributed by atoms with Gasteiger partial charge in [0.25, 0.3) is 5.91 Å². The SMILES string of the molecule is COc1ccnc(C(=O)NCC(=O)O[C@H](C)[C@@H](C)c2ccc(F)cc2C)c1O. The van der Waals surface area contributed by atoms with Crippen molar-refractivity contribution in [1.29, 1.82) is 0 Å². The molecule has 1 aromatic carbocycles. The van der Waals surface area contributed by atoms with E-state index in [-0.39, 0.29) is 23.2 Å². The number of methoxy groups -OCH3 is 1. The van der Waals surface area contributed by atoms with E-state index in [9.17, 15) is 19.1 Å². The zero-order valence-corrected chi connectivity index (χ0v) is 16.2. The summed E-state index contributed by atoms with van der Waals surface area (Å²) in [7, 11) is 1.35. The molecule has 0 saturated heterocycles. The second kappa shape index (κ2) is 9.16. The Morgan fingerprint density at radius 1 is 1.29 bits per heavy atom. The van der Waals surface area contributed by atoms with Gasteiger partial charge in [-0.15, -0.1) is 0 Å². The first-order valence-electron chi connectivity index (χ1n) is 8.70. The quantitative estimate of drug-likeness (QED) is 0.706. The first kappa shape index (κ1) is 21.1. The Hall–Kier alpha value is -3.16. The fraction of sp³-hybridized carbons (Fsp3) is 0.350. The molecule has 0 radical (unpaired) electrons. The summed E-state index contributed by atoms with van der Waals surface area (Å²) in [4.78, 5) is 28.0. The van der Waals surface area contributed by atoms with E-state index in [4.69, 9.17) is 9.47 Å². The number of aromatic nitrogens is 1. The third-order valence-electron chi connectivity index (χ3n) is 4.46. The molecule has 0 bridgehead atoms. The van der Waals surface area contributed by atoms with Gasteiger partial charge in [-0.3, -0.25) is 9.59 Å². The van der Waals surface area contributed by atoms with Crippen molar-refractivity contribution >= 4 is 11.9 Å². The van der Waals surface area contributed by atoms with E-state index >= 15 is 0 Å². The van der Waals surface area contributed by atoms with Gasteiger partial charge >= 0.3 is 5.97 Å². The van der Waals surface area contributed by atoms with Crippen LogP contribution in [0.2, 0.25) is 0 Å². The van der Waals surface area contributed by atoms with Crippen LogP contribution in [0.15, 0.2) is 30.5 Å². The number of hydrogen-bond acceptors (Lipinski definition) is 6. The number of hydrogen-bond donors (Lipinski definition) is 2. The Bertz CT molecular complexity index is 872. The third kappa shape index (κ3) is 4.97. The molecule has 0 spiro atoms. The van der Waals surface area contributed by atoms with Crippen molar-refractivity contribution in [2.24, 2.45) is 0 Å². The van der Waals surface area contributed by atoms with Crippen LogP contribution >= 0.6 is 0 Å². The zero-order valence-electron chi connectivity index (χ0n) is 16.2. The van der Waals surface area contributed by atoms with Crippen LogP contribution in [0.3, 0.4) is 0 Å². The number of aryl methyl sites for hydroxylation is 1. The largest absolute Gasteiger partial charge is 0.503 e. The molecule has 7 nitrogen and oxygen atoms in total. The van der Waals surface area contributed by atoms with Gasteiger partial charge in [0.15, 0.2) is 17.2 Å². The molecule has 1 aromatic heterocycles. The fourth-order valence-electron chi connectivity index (χ4n) is 2.76. The minimum atomic E-state index is -0.733. The van der Waals surface area contributed by atoms with Crippen LogP contribution in [0.25, 0.3) is 0 Å². The highest BCUT2D eigenvalue weighted by Crippen LogP contribution is 2.27. The molecule has 0 unspecified atom stereocenters. The third-order valence-corrected chi connectivity index (χ3v) is 4.46. The molecule has 1 heterocycles. The van der Waals surface area contributed by atoms with E-state index in [0.717, 1.165) is 11.1 Å². The fourth-order valence-corrected chi connectivity index (χ4v) is 2.76. The number of carbonyl (C=O) groups excluding carboxylic acids is 2. The van der Waals surface area contributed by atoms with Gasteiger partial charge in [0.1, 0.15) is 18.5 Å². The highest BCUT2D eigenvalue weighted by atomic mass is 19.1. The standard InChI is InChI=1S/C20H23FN2O5/c1-11-9-14(21)5-6-15(11)12(2)13(3)28-17(24)10-23-20(26)18-19(25)16(27-4)7-8-22-18/h5-9,12-13,25H,10H2,1-4H3,(H,23,26)/t12-,13-/m1/s1. The summed E-state index contributed by atoms with van der Waals surface area (Å²) in [5.74, 6) is -2.18. The average molecular weight is 390 g/mol. The minimum Gasteiger partial charge on any atom is -0.503 e. The maximum absolute atomic E-state index is 13.3. The summed E-state index contributed by atoms with van der Waals surface area (Å²) >= 11 is 0. The van der Waals surface area contributed by atoms with Crippen molar-refractivity contribution in [3.8, 4) is 11.5 Å². The lowest BCUT2D eigenvalue weighted by Crippen LogP contribution is -2.33. The normalized spacial score (nSPS) is 12.8. The van der Waals surface area contributed by atoms with Gasteiger partial charge in [-0.2, -0.15) is 0 Å². The topological polar surface area (TPSA) is 97.8 Å². The molecule has 1 amide bonds. The number of pyridine rings is 1. The minimum absolute atomic E-state index is 0.0971. The predicted octanol–water partition coefficient (Wildman–Crippen LogP) is 2.71. The van der Waals surface area contributed by atoms with Crippen molar-refractivity contribution in [3.05, 3.63) is 53.1 Å². The van der Waals surface area contributed by atoms with Crippen LogP contribution in [0.4, 0.5) is 4.39 Å². The second-order valence-electron chi connectivity index (χ2n) is 6.38. The molecule has 0 aliphatic rings. The van der Waals surface area contributed by atoms with Crippen molar-refractivity contribution < 1.29 is 28.6 Å². The monoisotopic (exact) mass is 390 g/mol. The summed E-state index contributed by atoms with van der Waals surface area (Å²) in [5.41, 5.74) is 1.38. The van der Waals surface area contributed by atoms with Gasteiger partial charge in [0.2, 0.25) is 0 Å². The Kier molecular flexibility index (Phi) is 6.92. The van der Waals surface area contributed by atoms with Crippen molar-refractivity contribution in [1.82, 2.24) is 10.3 Å². The van der Waals surface area contributed by atoms with Crippen LogP contribution in [-0.4, -0.2) is 41.7 Å². The highest BCUT2D eigenvalue weighted by Gasteiger charge is 2.22. The van der Waals surface area contributed by atoms with E-state index in [2.05, 4.69) is 10.3 Å². The van der Waals surface area contributed by atoms with Crippen LogP contribution < -0.4 is 10.1 Å². The average Bonchev–Trinajstić information content (AvgIpc) is 2.65. The van der Waals surface area contributed by atoms with Gasteiger partial charge in [-0.05, 0) is 37.1 Å². The van der Waals surface area contributed by atoms with Gasteiger partial charge in [-0.1, -0.05) is 13.0 Å². The molecule has 8 heteroatoms. The molecule has 2 rings (SSSR count). The molecule has 2 aromatic rings. The Labute approximate surface area is 162 Å². The summed E-state index contributed by atoms with van der Waals surface area (Å²) in [6, 6.07) is 5.86. The van der Waals surface area contributed by atoms with Crippen LogP contribution in [0, 0.1) is 12.7 Å². The molecule has 150 valence electrons. The Morgan fingerprint density at radius 2 is 2.00 bits per heavy atom.